The highest BCUT2D eigenvalue weighted by Crippen LogP contribution is 2.23. The van der Waals surface area contributed by atoms with Crippen molar-refractivity contribution in [1.82, 2.24) is 0 Å². The van der Waals surface area contributed by atoms with Crippen LogP contribution in [0.4, 0.5) is 13.2 Å². The monoisotopic (exact) mass is 218 g/mol. The molecule has 0 N–H and O–H groups in total. The fourth-order valence-electron chi connectivity index (χ4n) is 1.14. The molecule has 0 saturated carbocycles. The van der Waals surface area contributed by atoms with Crippen molar-refractivity contribution < 1.29 is 17.9 Å². The minimum atomic E-state index is -2.59. The fraction of sp³-hybridized carbons (Fsp3) is 0.455. The van der Waals surface area contributed by atoms with Crippen LogP contribution in [0.3, 0.4) is 0 Å². The average molecular weight is 218 g/mol. The van der Waals surface area contributed by atoms with E-state index in [9.17, 15) is 13.2 Å². The summed E-state index contributed by atoms with van der Waals surface area (Å²) in [6.07, 6.45) is -2.59. The van der Waals surface area contributed by atoms with Gasteiger partial charge in [0.15, 0.2) is 11.6 Å². The minimum absolute atomic E-state index is 0.110. The molecule has 0 spiro atoms. The van der Waals surface area contributed by atoms with Crippen LogP contribution in [0.5, 0.6) is 5.75 Å². The number of benzene rings is 1. The molecule has 0 aliphatic rings. The van der Waals surface area contributed by atoms with E-state index in [2.05, 4.69) is 4.74 Å². The SMILES string of the molecule is CC(C)c1ccc(F)c(OCC(F)F)c1. The summed E-state index contributed by atoms with van der Waals surface area (Å²) >= 11 is 0. The molecule has 0 radical (unpaired) electrons. The molecular formula is C11H13F3O. The van der Waals surface area contributed by atoms with Crippen molar-refractivity contribution in [1.29, 1.82) is 0 Å². The molecule has 0 aliphatic carbocycles. The molecule has 0 amide bonds. The van der Waals surface area contributed by atoms with Gasteiger partial charge in [-0.05, 0) is 23.6 Å². The molecule has 0 heterocycles. The van der Waals surface area contributed by atoms with Gasteiger partial charge in [0.05, 0.1) is 0 Å². The van der Waals surface area contributed by atoms with Gasteiger partial charge in [-0.2, -0.15) is 0 Å². The number of hydrogen-bond donors (Lipinski definition) is 0. The normalized spacial score (nSPS) is 11.1. The number of halogens is 3. The van der Waals surface area contributed by atoms with Gasteiger partial charge in [0.2, 0.25) is 0 Å². The molecular weight excluding hydrogens is 205 g/mol. The second-order valence-corrected chi connectivity index (χ2v) is 3.55. The maximum atomic E-state index is 13.1. The third-order valence-electron chi connectivity index (χ3n) is 1.99. The van der Waals surface area contributed by atoms with E-state index in [0.29, 0.717) is 0 Å². The molecule has 1 aromatic rings. The molecule has 0 unspecified atom stereocenters. The molecule has 0 saturated heterocycles. The zero-order chi connectivity index (χ0) is 11.4. The van der Waals surface area contributed by atoms with Crippen LogP contribution >= 0.6 is 0 Å². The fourth-order valence-corrected chi connectivity index (χ4v) is 1.14. The van der Waals surface area contributed by atoms with E-state index in [1.54, 1.807) is 6.07 Å². The average Bonchev–Trinajstić information content (AvgIpc) is 2.16. The maximum absolute atomic E-state index is 13.1. The highest BCUT2D eigenvalue weighted by atomic mass is 19.3. The Morgan fingerprint density at radius 3 is 2.47 bits per heavy atom. The van der Waals surface area contributed by atoms with Crippen molar-refractivity contribution in [2.24, 2.45) is 0 Å². The quantitative estimate of drug-likeness (QED) is 0.750. The third kappa shape index (κ3) is 3.46. The summed E-state index contributed by atoms with van der Waals surface area (Å²) in [5, 5.41) is 0. The van der Waals surface area contributed by atoms with Crippen molar-refractivity contribution in [3.8, 4) is 5.75 Å². The lowest BCUT2D eigenvalue weighted by Crippen LogP contribution is -2.08. The first-order valence-corrected chi connectivity index (χ1v) is 4.71. The predicted octanol–water partition coefficient (Wildman–Crippen LogP) is 3.59. The Balaban J connectivity index is 2.81. The Morgan fingerprint density at radius 2 is 1.93 bits per heavy atom. The van der Waals surface area contributed by atoms with E-state index in [4.69, 9.17) is 0 Å². The Hall–Kier alpha value is -1.19. The van der Waals surface area contributed by atoms with Crippen molar-refractivity contribution in [2.45, 2.75) is 26.2 Å². The van der Waals surface area contributed by atoms with Crippen LogP contribution in [0.15, 0.2) is 18.2 Å². The maximum Gasteiger partial charge on any atom is 0.272 e. The molecule has 0 bridgehead atoms. The first-order chi connectivity index (χ1) is 7.00. The molecule has 15 heavy (non-hydrogen) atoms. The van der Waals surface area contributed by atoms with Gasteiger partial charge >= 0.3 is 0 Å². The number of rotatable bonds is 4. The molecule has 1 rings (SSSR count). The van der Waals surface area contributed by atoms with E-state index >= 15 is 0 Å². The minimum Gasteiger partial charge on any atom is -0.485 e. The Bertz CT molecular complexity index is 324. The Kier molecular flexibility index (Phi) is 4.00. The molecule has 1 aromatic carbocycles. The highest BCUT2D eigenvalue weighted by molar-refractivity contribution is 5.31. The Morgan fingerprint density at radius 1 is 1.27 bits per heavy atom. The summed E-state index contributed by atoms with van der Waals surface area (Å²) in [4.78, 5) is 0. The van der Waals surface area contributed by atoms with Crippen molar-refractivity contribution in [2.75, 3.05) is 6.61 Å². The first-order valence-electron chi connectivity index (χ1n) is 4.71. The molecule has 4 heteroatoms. The van der Waals surface area contributed by atoms with Crippen LogP contribution in [0, 0.1) is 5.82 Å². The van der Waals surface area contributed by atoms with Gasteiger partial charge in [-0.3, -0.25) is 0 Å². The van der Waals surface area contributed by atoms with E-state index < -0.39 is 18.8 Å². The molecule has 0 aromatic heterocycles. The van der Waals surface area contributed by atoms with E-state index in [1.165, 1.54) is 12.1 Å². The largest absolute Gasteiger partial charge is 0.485 e. The van der Waals surface area contributed by atoms with Crippen LogP contribution in [0.2, 0.25) is 0 Å². The van der Waals surface area contributed by atoms with E-state index in [-0.39, 0.29) is 11.7 Å². The van der Waals surface area contributed by atoms with Gasteiger partial charge < -0.3 is 4.74 Å². The lowest BCUT2D eigenvalue weighted by atomic mass is 10.0. The smallest absolute Gasteiger partial charge is 0.272 e. The van der Waals surface area contributed by atoms with Gasteiger partial charge in [-0.15, -0.1) is 0 Å². The lowest BCUT2D eigenvalue weighted by molar-refractivity contribution is 0.0798. The summed E-state index contributed by atoms with van der Waals surface area (Å²) in [6, 6.07) is 4.31. The first kappa shape index (κ1) is 11.9. The van der Waals surface area contributed by atoms with Gasteiger partial charge in [0.1, 0.15) is 6.61 Å². The summed E-state index contributed by atoms with van der Waals surface area (Å²) in [5.74, 6) is -0.513. The topological polar surface area (TPSA) is 9.23 Å². The molecule has 1 nitrogen and oxygen atoms in total. The highest BCUT2D eigenvalue weighted by Gasteiger charge is 2.09. The van der Waals surface area contributed by atoms with Crippen molar-refractivity contribution >= 4 is 0 Å². The van der Waals surface area contributed by atoms with Crippen molar-refractivity contribution in [3.05, 3.63) is 29.6 Å². The summed E-state index contributed by atoms with van der Waals surface area (Å²) in [6.45, 7) is 3.09. The van der Waals surface area contributed by atoms with Gasteiger partial charge in [-0.1, -0.05) is 19.9 Å². The molecule has 0 aliphatic heterocycles. The summed E-state index contributed by atoms with van der Waals surface area (Å²) < 4.78 is 41.5. The van der Waals surface area contributed by atoms with Crippen LogP contribution < -0.4 is 4.74 Å². The number of hydrogen-bond acceptors (Lipinski definition) is 1. The second-order valence-electron chi connectivity index (χ2n) is 3.55. The second kappa shape index (κ2) is 5.05. The van der Waals surface area contributed by atoms with Crippen LogP contribution in [0.25, 0.3) is 0 Å². The lowest BCUT2D eigenvalue weighted by Gasteiger charge is -2.10. The van der Waals surface area contributed by atoms with E-state index in [0.717, 1.165) is 5.56 Å². The number of alkyl halides is 2. The van der Waals surface area contributed by atoms with Crippen molar-refractivity contribution in [3.63, 3.8) is 0 Å². The van der Waals surface area contributed by atoms with Gasteiger partial charge in [-0.25, -0.2) is 13.2 Å². The zero-order valence-electron chi connectivity index (χ0n) is 8.64. The summed E-state index contributed by atoms with van der Waals surface area (Å²) in [7, 11) is 0. The molecule has 0 atom stereocenters. The van der Waals surface area contributed by atoms with Crippen LogP contribution in [-0.2, 0) is 0 Å². The standard InChI is InChI=1S/C11H13F3O/c1-7(2)8-3-4-9(12)10(5-8)15-6-11(13)14/h3-5,7,11H,6H2,1-2H3. The van der Waals surface area contributed by atoms with Crippen LogP contribution in [-0.4, -0.2) is 13.0 Å². The van der Waals surface area contributed by atoms with E-state index in [1.807, 2.05) is 13.8 Å². The van der Waals surface area contributed by atoms with Crippen LogP contribution in [0.1, 0.15) is 25.3 Å². The third-order valence-corrected chi connectivity index (χ3v) is 1.99. The predicted molar refractivity (Wildman–Crippen MR) is 52.0 cm³/mol. The van der Waals surface area contributed by atoms with Gasteiger partial charge in [0.25, 0.3) is 6.43 Å². The number of ether oxygens (including phenoxy) is 1. The van der Waals surface area contributed by atoms with Gasteiger partial charge in [0, 0.05) is 0 Å². The molecule has 84 valence electrons. The zero-order valence-corrected chi connectivity index (χ0v) is 8.64. The Labute approximate surface area is 86.9 Å². The summed E-state index contributed by atoms with van der Waals surface area (Å²) in [5.41, 5.74) is 0.862. The molecule has 0 fully saturated rings.